The molecule has 0 saturated carbocycles. The number of carbonyl (C=O) groups is 1. The molecule has 3 rings (SSSR count). The number of aliphatic hydroxyl groups excluding tert-OH is 1. The lowest BCUT2D eigenvalue weighted by molar-refractivity contribution is 0.0949. The van der Waals surface area contributed by atoms with E-state index < -0.39 is 23.8 Å². The molecule has 0 radical (unpaired) electrons. The molecule has 0 spiro atoms. The van der Waals surface area contributed by atoms with Gasteiger partial charge < -0.3 is 15.4 Å². The molecule has 5 nitrogen and oxygen atoms in total. The van der Waals surface area contributed by atoms with Gasteiger partial charge in [-0.15, -0.1) is 0 Å². The van der Waals surface area contributed by atoms with Gasteiger partial charge in [-0.25, -0.2) is 4.39 Å². The molecule has 0 aliphatic rings. The third-order valence-electron chi connectivity index (χ3n) is 4.00. The van der Waals surface area contributed by atoms with E-state index in [2.05, 4.69) is 10.3 Å². The lowest BCUT2D eigenvalue weighted by Gasteiger charge is -2.08. The van der Waals surface area contributed by atoms with Gasteiger partial charge in [0.15, 0.2) is 0 Å². The van der Waals surface area contributed by atoms with Crippen molar-refractivity contribution in [3.63, 3.8) is 0 Å². The van der Waals surface area contributed by atoms with Crippen molar-refractivity contribution in [2.75, 3.05) is 0 Å². The maximum Gasteiger partial charge on any atom is 0.257 e. The Kier molecular flexibility index (Phi) is 4.63. The summed E-state index contributed by atoms with van der Waals surface area (Å²) < 4.78 is 14.0. The molecule has 128 valence electrons. The number of halogens is 1. The predicted molar refractivity (Wildman–Crippen MR) is 92.8 cm³/mol. The molecule has 1 aromatic heterocycles. The molecular weight excluding hydrogens is 323 g/mol. The summed E-state index contributed by atoms with van der Waals surface area (Å²) in [4.78, 5) is 27.5. The third kappa shape index (κ3) is 3.44. The zero-order valence-corrected chi connectivity index (χ0v) is 13.6. The van der Waals surface area contributed by atoms with Gasteiger partial charge in [-0.1, -0.05) is 29.8 Å². The molecule has 0 fully saturated rings. The number of aromatic nitrogens is 1. The number of amides is 1. The van der Waals surface area contributed by atoms with Crippen LogP contribution >= 0.6 is 0 Å². The lowest BCUT2D eigenvalue weighted by Crippen LogP contribution is -2.28. The van der Waals surface area contributed by atoms with Crippen LogP contribution in [0.2, 0.25) is 0 Å². The Hall–Kier alpha value is -2.99. The highest BCUT2D eigenvalue weighted by atomic mass is 19.1. The maximum absolute atomic E-state index is 14.0. The molecule has 3 N–H and O–H groups in total. The van der Waals surface area contributed by atoms with Crippen molar-refractivity contribution >= 4 is 16.8 Å². The third-order valence-corrected chi connectivity index (χ3v) is 4.00. The molecule has 3 aromatic rings. The van der Waals surface area contributed by atoms with E-state index in [1.165, 1.54) is 12.3 Å². The molecule has 25 heavy (non-hydrogen) atoms. The van der Waals surface area contributed by atoms with Gasteiger partial charge in [0.1, 0.15) is 11.4 Å². The SMILES string of the molecule is Cc1ccc(CNC(=O)c2c[nH]c3c(F)cc(CO)cc3c2=O)cc1. The van der Waals surface area contributed by atoms with Crippen molar-refractivity contribution in [3.8, 4) is 0 Å². The quantitative estimate of drug-likeness (QED) is 0.682. The van der Waals surface area contributed by atoms with E-state index in [4.69, 9.17) is 5.11 Å². The predicted octanol–water partition coefficient (Wildman–Crippen LogP) is 2.40. The Balaban J connectivity index is 1.90. The second-order valence-corrected chi connectivity index (χ2v) is 5.86. The minimum atomic E-state index is -0.648. The molecule has 1 heterocycles. The highest BCUT2D eigenvalue weighted by molar-refractivity contribution is 5.97. The summed E-state index contributed by atoms with van der Waals surface area (Å²) in [7, 11) is 0. The minimum absolute atomic E-state index is 0.0114. The highest BCUT2D eigenvalue weighted by Gasteiger charge is 2.15. The van der Waals surface area contributed by atoms with Crippen molar-refractivity contribution in [3.05, 3.63) is 80.9 Å². The summed E-state index contributed by atoms with van der Waals surface area (Å²) in [5.41, 5.74) is 1.62. The van der Waals surface area contributed by atoms with Crippen LogP contribution in [0, 0.1) is 12.7 Å². The van der Waals surface area contributed by atoms with Gasteiger partial charge in [0.25, 0.3) is 5.91 Å². The Morgan fingerprint density at radius 1 is 1.20 bits per heavy atom. The van der Waals surface area contributed by atoms with Crippen LogP contribution in [0.25, 0.3) is 10.9 Å². The zero-order chi connectivity index (χ0) is 18.0. The molecule has 2 aromatic carbocycles. The van der Waals surface area contributed by atoms with Gasteiger partial charge in [0.05, 0.1) is 12.1 Å². The molecule has 6 heteroatoms. The molecule has 0 unspecified atom stereocenters. The maximum atomic E-state index is 14.0. The Bertz CT molecular complexity index is 994. The summed E-state index contributed by atoms with van der Waals surface area (Å²) in [5.74, 6) is -1.19. The van der Waals surface area contributed by atoms with E-state index in [1.54, 1.807) is 0 Å². The van der Waals surface area contributed by atoms with Crippen LogP contribution < -0.4 is 10.7 Å². The Labute approximate surface area is 143 Å². The van der Waals surface area contributed by atoms with Gasteiger partial charge in [-0.3, -0.25) is 9.59 Å². The summed E-state index contributed by atoms with van der Waals surface area (Å²) >= 11 is 0. The normalized spacial score (nSPS) is 10.8. The van der Waals surface area contributed by atoms with Crippen LogP contribution in [0.15, 0.2) is 47.4 Å². The van der Waals surface area contributed by atoms with E-state index in [9.17, 15) is 14.0 Å². The number of hydrogen-bond acceptors (Lipinski definition) is 3. The monoisotopic (exact) mass is 340 g/mol. The smallest absolute Gasteiger partial charge is 0.257 e. The largest absolute Gasteiger partial charge is 0.392 e. The number of H-pyrrole nitrogens is 1. The van der Waals surface area contributed by atoms with Gasteiger partial charge in [0.2, 0.25) is 5.43 Å². The van der Waals surface area contributed by atoms with Crippen molar-refractivity contribution in [2.45, 2.75) is 20.1 Å². The average molecular weight is 340 g/mol. The Morgan fingerprint density at radius 3 is 2.60 bits per heavy atom. The fourth-order valence-corrected chi connectivity index (χ4v) is 2.59. The summed E-state index contributed by atoms with van der Waals surface area (Å²) in [6.07, 6.45) is 1.21. The second kappa shape index (κ2) is 6.86. The van der Waals surface area contributed by atoms with E-state index in [0.717, 1.165) is 17.2 Å². The van der Waals surface area contributed by atoms with Crippen molar-refractivity contribution < 1.29 is 14.3 Å². The molecule has 0 atom stereocenters. The number of fused-ring (bicyclic) bond motifs is 1. The number of aliphatic hydroxyl groups is 1. The molecule has 0 bridgehead atoms. The number of nitrogens with one attached hydrogen (secondary N) is 2. The number of pyridine rings is 1. The summed E-state index contributed by atoms with van der Waals surface area (Å²) in [6, 6.07) is 10.2. The van der Waals surface area contributed by atoms with Crippen molar-refractivity contribution in [2.24, 2.45) is 0 Å². The summed E-state index contributed by atoms with van der Waals surface area (Å²) in [6.45, 7) is 1.86. The zero-order valence-electron chi connectivity index (χ0n) is 13.6. The first-order chi connectivity index (χ1) is 12.0. The van der Waals surface area contributed by atoms with E-state index in [-0.39, 0.29) is 28.6 Å². The van der Waals surface area contributed by atoms with Crippen LogP contribution in [0.4, 0.5) is 4.39 Å². The molecule has 0 saturated heterocycles. The molecular formula is C19H17FN2O3. The van der Waals surface area contributed by atoms with Gasteiger partial charge in [0, 0.05) is 18.1 Å². The van der Waals surface area contributed by atoms with Crippen LogP contribution in [0.3, 0.4) is 0 Å². The number of hydrogen-bond donors (Lipinski definition) is 3. The fourth-order valence-electron chi connectivity index (χ4n) is 2.59. The highest BCUT2D eigenvalue weighted by Crippen LogP contribution is 2.16. The Morgan fingerprint density at radius 2 is 1.92 bits per heavy atom. The number of carbonyl (C=O) groups excluding carboxylic acids is 1. The van der Waals surface area contributed by atoms with Gasteiger partial charge in [-0.05, 0) is 30.2 Å². The van der Waals surface area contributed by atoms with Crippen LogP contribution in [-0.4, -0.2) is 16.0 Å². The first-order valence-electron chi connectivity index (χ1n) is 7.78. The fraction of sp³-hybridized carbons (Fsp3) is 0.158. The van der Waals surface area contributed by atoms with Crippen LogP contribution in [-0.2, 0) is 13.2 Å². The summed E-state index contributed by atoms with van der Waals surface area (Å²) in [5, 5.41) is 11.9. The first-order valence-corrected chi connectivity index (χ1v) is 7.78. The standard InChI is InChI=1S/C19H17FN2O3/c1-11-2-4-12(5-3-11)8-22-19(25)15-9-21-17-14(18(15)24)6-13(10-23)7-16(17)20/h2-7,9,23H,8,10H2,1H3,(H,21,24)(H,22,25). The number of rotatable bonds is 4. The number of benzene rings is 2. The topological polar surface area (TPSA) is 82.2 Å². The minimum Gasteiger partial charge on any atom is -0.392 e. The number of aromatic amines is 1. The average Bonchev–Trinajstić information content (AvgIpc) is 2.61. The molecule has 0 aliphatic heterocycles. The molecule has 0 aliphatic carbocycles. The van der Waals surface area contributed by atoms with Gasteiger partial charge >= 0.3 is 0 Å². The van der Waals surface area contributed by atoms with E-state index in [0.29, 0.717) is 0 Å². The van der Waals surface area contributed by atoms with Crippen molar-refractivity contribution in [1.29, 1.82) is 0 Å². The second-order valence-electron chi connectivity index (χ2n) is 5.86. The first kappa shape index (κ1) is 16.9. The van der Waals surface area contributed by atoms with E-state index >= 15 is 0 Å². The lowest BCUT2D eigenvalue weighted by atomic mass is 10.1. The van der Waals surface area contributed by atoms with Crippen LogP contribution in [0.1, 0.15) is 27.0 Å². The van der Waals surface area contributed by atoms with Crippen molar-refractivity contribution in [1.82, 2.24) is 10.3 Å². The molecule has 1 amide bonds. The van der Waals surface area contributed by atoms with Crippen LogP contribution in [0.5, 0.6) is 0 Å². The van der Waals surface area contributed by atoms with E-state index in [1.807, 2.05) is 31.2 Å². The van der Waals surface area contributed by atoms with Gasteiger partial charge in [-0.2, -0.15) is 0 Å². The number of aryl methyl sites for hydroxylation is 1.